The summed E-state index contributed by atoms with van der Waals surface area (Å²) < 4.78 is 5.04. The third-order valence-corrected chi connectivity index (χ3v) is 4.55. The second-order valence-electron chi connectivity index (χ2n) is 6.04. The van der Waals surface area contributed by atoms with Crippen molar-refractivity contribution in [3.8, 4) is 5.88 Å². The standard InChI is InChI=1S/C18H23N5O2/c1-22(14-6-4-3-5-7-14)15-8-10-23(11-9-15)18(24)21-16-12-17(25-2)20-13-19-16/h3-7,12-13,15H,8-11H2,1-2H3,(H,19,20,21,24). The molecule has 2 aromatic rings. The number of hydrogen-bond acceptors (Lipinski definition) is 5. The van der Waals surface area contributed by atoms with Crippen molar-refractivity contribution >= 4 is 17.5 Å². The van der Waals surface area contributed by atoms with Gasteiger partial charge in [-0.15, -0.1) is 0 Å². The average molecular weight is 341 g/mol. The fraction of sp³-hybridized carbons (Fsp3) is 0.389. The first-order valence-corrected chi connectivity index (χ1v) is 8.37. The van der Waals surface area contributed by atoms with E-state index in [4.69, 9.17) is 4.74 Å². The zero-order chi connectivity index (χ0) is 17.6. The van der Waals surface area contributed by atoms with E-state index in [2.05, 4.69) is 39.4 Å². The maximum absolute atomic E-state index is 12.4. The lowest BCUT2D eigenvalue weighted by atomic mass is 10.0. The molecular formula is C18H23N5O2. The summed E-state index contributed by atoms with van der Waals surface area (Å²) in [5.74, 6) is 0.869. The third-order valence-electron chi connectivity index (χ3n) is 4.55. The molecule has 0 atom stereocenters. The maximum Gasteiger partial charge on any atom is 0.323 e. The molecule has 0 radical (unpaired) electrons. The monoisotopic (exact) mass is 341 g/mol. The first-order valence-electron chi connectivity index (χ1n) is 8.37. The molecule has 1 aliphatic heterocycles. The van der Waals surface area contributed by atoms with Gasteiger partial charge in [0.25, 0.3) is 0 Å². The van der Waals surface area contributed by atoms with Crippen LogP contribution in [-0.2, 0) is 0 Å². The van der Waals surface area contributed by atoms with Crippen molar-refractivity contribution in [1.29, 1.82) is 0 Å². The van der Waals surface area contributed by atoms with Crippen LogP contribution >= 0.6 is 0 Å². The number of hydrogen-bond donors (Lipinski definition) is 1. The number of carbonyl (C=O) groups is 1. The molecule has 2 amide bonds. The summed E-state index contributed by atoms with van der Waals surface area (Å²) in [7, 11) is 3.64. The second kappa shape index (κ2) is 7.83. The van der Waals surface area contributed by atoms with Crippen LogP contribution in [0.3, 0.4) is 0 Å². The maximum atomic E-state index is 12.4. The van der Waals surface area contributed by atoms with Gasteiger partial charge in [-0.2, -0.15) is 0 Å². The fourth-order valence-electron chi connectivity index (χ4n) is 3.04. The van der Waals surface area contributed by atoms with Crippen LogP contribution in [0.4, 0.5) is 16.3 Å². The minimum absolute atomic E-state index is 0.137. The third kappa shape index (κ3) is 4.17. The predicted molar refractivity (Wildman–Crippen MR) is 97.0 cm³/mol. The number of nitrogens with one attached hydrogen (secondary N) is 1. The smallest absolute Gasteiger partial charge is 0.323 e. The molecule has 1 aromatic carbocycles. The van der Waals surface area contributed by atoms with Gasteiger partial charge in [-0.05, 0) is 25.0 Å². The van der Waals surface area contributed by atoms with Crippen LogP contribution in [0.2, 0.25) is 0 Å². The molecule has 0 aliphatic carbocycles. The van der Waals surface area contributed by atoms with E-state index in [1.165, 1.54) is 19.1 Å². The molecule has 1 N–H and O–H groups in total. The van der Waals surface area contributed by atoms with E-state index in [0.717, 1.165) is 25.9 Å². The topological polar surface area (TPSA) is 70.6 Å². The predicted octanol–water partition coefficient (Wildman–Crippen LogP) is 2.62. The van der Waals surface area contributed by atoms with E-state index in [0.29, 0.717) is 17.7 Å². The zero-order valence-corrected chi connectivity index (χ0v) is 14.6. The van der Waals surface area contributed by atoms with Crippen molar-refractivity contribution in [3.63, 3.8) is 0 Å². The SMILES string of the molecule is COc1cc(NC(=O)N2CCC(N(C)c3ccccc3)CC2)ncn1. The Bertz CT molecular complexity index is 702. The van der Waals surface area contributed by atoms with Gasteiger partial charge in [0.1, 0.15) is 12.1 Å². The van der Waals surface area contributed by atoms with Gasteiger partial charge in [0, 0.05) is 37.9 Å². The molecule has 0 unspecified atom stereocenters. The molecule has 0 saturated carbocycles. The summed E-state index contributed by atoms with van der Waals surface area (Å²) in [6.45, 7) is 1.44. The summed E-state index contributed by atoms with van der Waals surface area (Å²) in [5.41, 5.74) is 1.21. The Kier molecular flexibility index (Phi) is 5.33. The number of amides is 2. The Morgan fingerprint density at radius 3 is 2.64 bits per heavy atom. The first-order chi connectivity index (χ1) is 12.2. The molecular weight excluding hydrogens is 318 g/mol. The van der Waals surface area contributed by atoms with Crippen LogP contribution in [0.1, 0.15) is 12.8 Å². The highest BCUT2D eigenvalue weighted by Crippen LogP contribution is 2.22. The minimum Gasteiger partial charge on any atom is -0.481 e. The molecule has 132 valence electrons. The second-order valence-corrected chi connectivity index (χ2v) is 6.04. The summed E-state index contributed by atoms with van der Waals surface area (Å²) in [4.78, 5) is 24.5. The summed E-state index contributed by atoms with van der Waals surface area (Å²) in [5, 5.41) is 2.80. The fourth-order valence-corrected chi connectivity index (χ4v) is 3.04. The molecule has 7 nitrogen and oxygen atoms in total. The van der Waals surface area contributed by atoms with Crippen LogP contribution < -0.4 is 15.0 Å². The molecule has 2 heterocycles. The van der Waals surface area contributed by atoms with Gasteiger partial charge in [0.15, 0.2) is 0 Å². The summed E-state index contributed by atoms with van der Waals surface area (Å²) in [6, 6.07) is 12.2. The van der Waals surface area contributed by atoms with Crippen LogP contribution in [-0.4, -0.2) is 54.2 Å². The Balaban J connectivity index is 1.54. The number of anilines is 2. The molecule has 7 heteroatoms. The number of urea groups is 1. The van der Waals surface area contributed by atoms with Gasteiger partial charge in [0.05, 0.1) is 7.11 Å². The van der Waals surface area contributed by atoms with E-state index in [1.54, 1.807) is 6.07 Å². The summed E-state index contributed by atoms with van der Waals surface area (Å²) >= 11 is 0. The van der Waals surface area contributed by atoms with Crippen molar-refractivity contribution in [2.75, 3.05) is 37.5 Å². The normalized spacial score (nSPS) is 14.9. The lowest BCUT2D eigenvalue weighted by Crippen LogP contribution is -2.47. The van der Waals surface area contributed by atoms with Gasteiger partial charge < -0.3 is 14.5 Å². The van der Waals surface area contributed by atoms with Crippen molar-refractivity contribution in [1.82, 2.24) is 14.9 Å². The van der Waals surface area contributed by atoms with E-state index >= 15 is 0 Å². The van der Waals surface area contributed by atoms with Gasteiger partial charge in [-0.25, -0.2) is 14.8 Å². The molecule has 25 heavy (non-hydrogen) atoms. The Morgan fingerprint density at radius 1 is 1.24 bits per heavy atom. The van der Waals surface area contributed by atoms with Crippen molar-refractivity contribution in [3.05, 3.63) is 42.7 Å². The molecule has 1 aliphatic rings. The Morgan fingerprint density at radius 2 is 1.96 bits per heavy atom. The first kappa shape index (κ1) is 17.0. The molecule has 1 aromatic heterocycles. The van der Waals surface area contributed by atoms with Gasteiger partial charge in [0.2, 0.25) is 5.88 Å². The van der Waals surface area contributed by atoms with Crippen molar-refractivity contribution < 1.29 is 9.53 Å². The lowest BCUT2D eigenvalue weighted by Gasteiger charge is -2.37. The molecule has 0 spiro atoms. The number of benzene rings is 1. The van der Waals surface area contributed by atoms with E-state index in [9.17, 15) is 4.79 Å². The van der Waals surface area contributed by atoms with Crippen LogP contribution in [0.5, 0.6) is 5.88 Å². The van der Waals surface area contributed by atoms with E-state index in [-0.39, 0.29) is 6.03 Å². The molecule has 1 fully saturated rings. The number of piperidine rings is 1. The van der Waals surface area contributed by atoms with Crippen LogP contribution in [0.15, 0.2) is 42.7 Å². The van der Waals surface area contributed by atoms with Gasteiger partial charge >= 0.3 is 6.03 Å². The van der Waals surface area contributed by atoms with Crippen LogP contribution in [0.25, 0.3) is 0 Å². The largest absolute Gasteiger partial charge is 0.481 e. The highest BCUT2D eigenvalue weighted by atomic mass is 16.5. The summed E-state index contributed by atoms with van der Waals surface area (Å²) in [6.07, 6.45) is 3.24. The highest BCUT2D eigenvalue weighted by molar-refractivity contribution is 5.88. The quantitative estimate of drug-likeness (QED) is 0.926. The van der Waals surface area contributed by atoms with E-state index < -0.39 is 0 Å². The zero-order valence-electron chi connectivity index (χ0n) is 14.6. The average Bonchev–Trinajstić information content (AvgIpc) is 2.68. The number of ether oxygens (including phenoxy) is 1. The highest BCUT2D eigenvalue weighted by Gasteiger charge is 2.25. The number of aromatic nitrogens is 2. The number of para-hydroxylation sites is 1. The van der Waals surface area contributed by atoms with Crippen molar-refractivity contribution in [2.45, 2.75) is 18.9 Å². The molecule has 1 saturated heterocycles. The van der Waals surface area contributed by atoms with Crippen molar-refractivity contribution in [2.24, 2.45) is 0 Å². The Hall–Kier alpha value is -2.83. The lowest BCUT2D eigenvalue weighted by molar-refractivity contribution is 0.194. The number of methoxy groups -OCH3 is 1. The number of likely N-dealkylation sites (tertiary alicyclic amines) is 1. The van der Waals surface area contributed by atoms with Gasteiger partial charge in [-0.1, -0.05) is 18.2 Å². The Labute approximate surface area is 147 Å². The number of rotatable bonds is 4. The van der Waals surface area contributed by atoms with Gasteiger partial charge in [-0.3, -0.25) is 5.32 Å². The molecule has 3 rings (SSSR count). The van der Waals surface area contributed by atoms with E-state index in [1.807, 2.05) is 23.1 Å². The minimum atomic E-state index is -0.137. The number of nitrogens with zero attached hydrogens (tertiary/aromatic N) is 4. The van der Waals surface area contributed by atoms with Crippen LogP contribution in [0, 0.1) is 0 Å². The molecule has 0 bridgehead atoms. The number of carbonyl (C=O) groups excluding carboxylic acids is 1.